The van der Waals surface area contributed by atoms with Gasteiger partial charge in [0.15, 0.2) is 0 Å². The normalized spacial score (nSPS) is 18.4. The number of carbonyl (C=O) groups is 1. The second-order valence-corrected chi connectivity index (χ2v) is 9.84. The number of carbonyl (C=O) groups excluding carboxylic acids is 1. The summed E-state index contributed by atoms with van der Waals surface area (Å²) >= 11 is 1.65. The highest BCUT2D eigenvalue weighted by atomic mass is 32.1. The summed E-state index contributed by atoms with van der Waals surface area (Å²) in [6, 6.07) is 10.6. The Morgan fingerprint density at radius 2 is 2.00 bits per heavy atom. The van der Waals surface area contributed by atoms with E-state index in [4.69, 9.17) is 4.74 Å². The van der Waals surface area contributed by atoms with Crippen LogP contribution in [0.25, 0.3) is 21.1 Å². The molecule has 0 spiro atoms. The van der Waals surface area contributed by atoms with Crippen molar-refractivity contribution in [1.29, 1.82) is 0 Å². The van der Waals surface area contributed by atoms with Gasteiger partial charge >= 0.3 is 6.01 Å². The minimum absolute atomic E-state index is 0.223. The Labute approximate surface area is 202 Å². The Morgan fingerprint density at radius 3 is 2.74 bits per heavy atom. The third-order valence-electron chi connectivity index (χ3n) is 6.02. The smallest absolute Gasteiger partial charge is 0.316 e. The summed E-state index contributed by atoms with van der Waals surface area (Å²) < 4.78 is 6.33. The monoisotopic (exact) mass is 476 g/mol. The second-order valence-electron chi connectivity index (χ2n) is 8.72. The molecule has 2 aromatic heterocycles. The fraction of sp³-hybridized carbons (Fsp3) is 0.360. The molecule has 0 aliphatic carbocycles. The van der Waals surface area contributed by atoms with E-state index in [-0.39, 0.29) is 11.9 Å². The van der Waals surface area contributed by atoms with Crippen molar-refractivity contribution >= 4 is 49.7 Å². The number of piperazine rings is 1. The zero-order chi connectivity index (χ0) is 23.8. The van der Waals surface area contributed by atoms with Gasteiger partial charge in [-0.2, -0.15) is 4.98 Å². The van der Waals surface area contributed by atoms with Crippen molar-refractivity contribution in [2.75, 3.05) is 30.4 Å². The van der Waals surface area contributed by atoms with E-state index in [1.807, 2.05) is 30.3 Å². The molecule has 2 N–H and O–H groups in total. The van der Waals surface area contributed by atoms with Gasteiger partial charge in [0, 0.05) is 48.1 Å². The van der Waals surface area contributed by atoms with Crippen molar-refractivity contribution in [2.24, 2.45) is 0 Å². The van der Waals surface area contributed by atoms with E-state index in [2.05, 4.69) is 51.3 Å². The first kappa shape index (κ1) is 22.5. The summed E-state index contributed by atoms with van der Waals surface area (Å²) in [6.07, 6.45) is 2.64. The van der Waals surface area contributed by atoms with Crippen LogP contribution in [0.5, 0.6) is 6.01 Å². The van der Waals surface area contributed by atoms with Crippen molar-refractivity contribution in [1.82, 2.24) is 20.3 Å². The minimum atomic E-state index is -0.223. The first-order valence-electron chi connectivity index (χ1n) is 11.5. The molecule has 34 heavy (non-hydrogen) atoms. The van der Waals surface area contributed by atoms with Gasteiger partial charge in [-0.1, -0.05) is 6.92 Å². The Bertz CT molecular complexity index is 1360. The van der Waals surface area contributed by atoms with Gasteiger partial charge in [0.2, 0.25) is 0 Å². The molecule has 3 heterocycles. The molecule has 9 heteroatoms. The van der Waals surface area contributed by atoms with Gasteiger partial charge in [-0.15, -0.1) is 11.3 Å². The SMILES string of the molecule is CCc1nc2ccc(NC(=O)c3ccc(N4C[C@@H](C)N[C@@H](C)C4)c4cnc(OC)nc34)cc2s1. The highest BCUT2D eigenvalue weighted by molar-refractivity contribution is 7.18. The highest BCUT2D eigenvalue weighted by Crippen LogP contribution is 2.31. The second kappa shape index (κ2) is 9.15. The standard InChI is InChI=1S/C25H28N6O2S/c1-5-22-29-19-8-6-16(10-21(19)34-22)28-24(32)17-7-9-20(31-12-14(2)27-15(3)13-31)18-11-26-25(33-4)30-23(17)18/h6-11,14-15,27H,5,12-13H2,1-4H3,(H,28,32)/t14-,15+. The lowest BCUT2D eigenvalue weighted by Gasteiger charge is -2.38. The van der Waals surface area contributed by atoms with Crippen LogP contribution in [0.2, 0.25) is 0 Å². The molecule has 5 rings (SSSR count). The largest absolute Gasteiger partial charge is 0.467 e. The number of aryl methyl sites for hydroxylation is 1. The van der Waals surface area contributed by atoms with Crippen LogP contribution in [-0.2, 0) is 6.42 Å². The van der Waals surface area contributed by atoms with Crippen LogP contribution in [0.3, 0.4) is 0 Å². The summed E-state index contributed by atoms with van der Waals surface area (Å²) in [5.74, 6) is -0.223. The van der Waals surface area contributed by atoms with Crippen molar-refractivity contribution in [3.63, 3.8) is 0 Å². The predicted molar refractivity (Wildman–Crippen MR) is 137 cm³/mol. The molecule has 2 aromatic carbocycles. The topological polar surface area (TPSA) is 92.3 Å². The number of hydrogen-bond acceptors (Lipinski definition) is 8. The zero-order valence-electron chi connectivity index (χ0n) is 19.8. The van der Waals surface area contributed by atoms with E-state index in [1.54, 1.807) is 17.5 Å². The van der Waals surface area contributed by atoms with Crippen LogP contribution in [-0.4, -0.2) is 53.1 Å². The van der Waals surface area contributed by atoms with Crippen LogP contribution in [0, 0.1) is 0 Å². The highest BCUT2D eigenvalue weighted by Gasteiger charge is 2.24. The Kier molecular flexibility index (Phi) is 6.05. The molecule has 1 fully saturated rings. The van der Waals surface area contributed by atoms with Crippen LogP contribution >= 0.6 is 11.3 Å². The van der Waals surface area contributed by atoms with Gasteiger partial charge in [-0.25, -0.2) is 9.97 Å². The lowest BCUT2D eigenvalue weighted by atomic mass is 10.0. The van der Waals surface area contributed by atoms with Gasteiger partial charge < -0.3 is 20.3 Å². The number of hydrogen-bond donors (Lipinski definition) is 2. The summed E-state index contributed by atoms with van der Waals surface area (Å²) in [5, 5.41) is 8.51. The Hall–Kier alpha value is -3.30. The van der Waals surface area contributed by atoms with E-state index in [1.165, 1.54) is 7.11 Å². The van der Waals surface area contributed by atoms with Crippen LogP contribution < -0.4 is 20.3 Å². The summed E-state index contributed by atoms with van der Waals surface area (Å²) in [6.45, 7) is 8.18. The number of nitrogens with one attached hydrogen (secondary N) is 2. The van der Waals surface area contributed by atoms with Crippen molar-refractivity contribution < 1.29 is 9.53 Å². The van der Waals surface area contributed by atoms with Crippen LogP contribution in [0.4, 0.5) is 11.4 Å². The number of ether oxygens (including phenoxy) is 1. The van der Waals surface area contributed by atoms with Crippen molar-refractivity contribution in [3.8, 4) is 6.01 Å². The van der Waals surface area contributed by atoms with Gasteiger partial charge in [0.25, 0.3) is 5.91 Å². The Morgan fingerprint density at radius 1 is 1.21 bits per heavy atom. The molecule has 0 unspecified atom stereocenters. The molecule has 1 aliphatic heterocycles. The first-order chi connectivity index (χ1) is 16.4. The third-order valence-corrected chi connectivity index (χ3v) is 7.19. The number of nitrogens with zero attached hydrogens (tertiary/aromatic N) is 4. The molecule has 176 valence electrons. The number of aromatic nitrogens is 3. The maximum Gasteiger partial charge on any atom is 0.316 e. The van der Waals surface area contributed by atoms with E-state index >= 15 is 0 Å². The maximum atomic E-state index is 13.4. The maximum absolute atomic E-state index is 13.4. The predicted octanol–water partition coefficient (Wildman–Crippen LogP) is 4.25. The molecule has 4 aromatic rings. The summed E-state index contributed by atoms with van der Waals surface area (Å²) in [7, 11) is 1.53. The fourth-order valence-electron chi connectivity index (χ4n) is 4.57. The summed E-state index contributed by atoms with van der Waals surface area (Å²) in [5.41, 5.74) is 3.76. The molecule has 0 saturated carbocycles. The van der Waals surface area contributed by atoms with Crippen LogP contribution in [0.1, 0.15) is 36.1 Å². The molecule has 1 aliphatic rings. The molecule has 0 bridgehead atoms. The number of thiazole rings is 1. The lowest BCUT2D eigenvalue weighted by Crippen LogP contribution is -2.54. The number of rotatable bonds is 5. The van der Waals surface area contributed by atoms with Gasteiger partial charge in [0.1, 0.15) is 0 Å². The number of benzene rings is 2. The fourth-order valence-corrected chi connectivity index (χ4v) is 5.52. The van der Waals surface area contributed by atoms with Crippen molar-refractivity contribution in [2.45, 2.75) is 39.3 Å². The van der Waals surface area contributed by atoms with E-state index in [0.717, 1.165) is 51.5 Å². The average Bonchev–Trinajstić information content (AvgIpc) is 3.25. The summed E-state index contributed by atoms with van der Waals surface area (Å²) in [4.78, 5) is 29.2. The van der Waals surface area contributed by atoms with Gasteiger partial charge in [-0.05, 0) is 50.6 Å². The molecule has 1 amide bonds. The number of anilines is 2. The lowest BCUT2D eigenvalue weighted by molar-refractivity contribution is 0.102. The molecular weight excluding hydrogens is 448 g/mol. The average molecular weight is 477 g/mol. The molecule has 1 saturated heterocycles. The number of fused-ring (bicyclic) bond motifs is 2. The first-order valence-corrected chi connectivity index (χ1v) is 12.3. The minimum Gasteiger partial charge on any atom is -0.467 e. The number of amides is 1. The Balaban J connectivity index is 1.51. The van der Waals surface area contributed by atoms with Gasteiger partial charge in [-0.3, -0.25) is 4.79 Å². The quantitative estimate of drug-likeness (QED) is 0.445. The van der Waals surface area contributed by atoms with Crippen LogP contribution in [0.15, 0.2) is 36.5 Å². The molecule has 0 radical (unpaired) electrons. The van der Waals surface area contributed by atoms with E-state index in [9.17, 15) is 4.79 Å². The number of methoxy groups -OCH3 is 1. The van der Waals surface area contributed by atoms with E-state index < -0.39 is 0 Å². The molecule has 2 atom stereocenters. The third kappa shape index (κ3) is 4.28. The molecular formula is C25H28N6O2S. The van der Waals surface area contributed by atoms with Gasteiger partial charge in [0.05, 0.1) is 33.4 Å². The zero-order valence-corrected chi connectivity index (χ0v) is 20.6. The molecule has 8 nitrogen and oxygen atoms in total. The van der Waals surface area contributed by atoms with E-state index in [0.29, 0.717) is 23.2 Å². The van der Waals surface area contributed by atoms with Crippen molar-refractivity contribution in [3.05, 3.63) is 47.1 Å².